The van der Waals surface area contributed by atoms with Crippen LogP contribution in [0.4, 0.5) is 5.82 Å². The summed E-state index contributed by atoms with van der Waals surface area (Å²) in [6.45, 7) is 5.56. The molecule has 9 nitrogen and oxygen atoms in total. The van der Waals surface area contributed by atoms with Crippen molar-refractivity contribution in [2.45, 2.75) is 39.5 Å². The van der Waals surface area contributed by atoms with Gasteiger partial charge in [0.25, 0.3) is 0 Å². The van der Waals surface area contributed by atoms with Crippen LogP contribution in [-0.2, 0) is 42.1 Å². The average Bonchev–Trinajstić information content (AvgIpc) is 2.93. The average molecular weight is 421 g/mol. The molecule has 0 aromatic carbocycles. The van der Waals surface area contributed by atoms with E-state index in [1.54, 1.807) is 7.11 Å². The smallest absolute Gasteiger partial charge is 0.246 e. The van der Waals surface area contributed by atoms with Gasteiger partial charge in [0, 0.05) is 32.2 Å². The molecule has 0 radical (unpaired) electrons. The highest BCUT2D eigenvalue weighted by Gasteiger charge is 2.17. The number of hydrogen-bond acceptors (Lipinski definition) is 9. The maximum absolute atomic E-state index is 5.47. The number of anilines is 1. The number of hydrogen-bond donors (Lipinski definition) is 2. The molecule has 2 N–H and O–H groups in total. The summed E-state index contributed by atoms with van der Waals surface area (Å²) in [5, 5.41) is 10.6. The zero-order valence-corrected chi connectivity index (χ0v) is 17.1. The maximum Gasteiger partial charge on any atom is 0.246 e. The second-order valence-electron chi connectivity index (χ2n) is 5.69. The third-order valence-corrected chi connectivity index (χ3v) is 3.86. The number of nitrogens with one attached hydrogen (secondary N) is 2. The van der Waals surface area contributed by atoms with Crippen molar-refractivity contribution in [3.8, 4) is 0 Å². The molecule has 1 aliphatic rings. The number of methoxy groups -OCH3 is 1. The minimum absolute atomic E-state index is 0. The molecule has 2 aromatic rings. The van der Waals surface area contributed by atoms with Crippen LogP contribution in [0, 0.1) is 0 Å². The first-order valence-electron chi connectivity index (χ1n) is 8.51. The summed E-state index contributed by atoms with van der Waals surface area (Å²) < 4.78 is 15.7. The largest absolute Gasteiger partial charge is 0.377 e. The fourth-order valence-electron chi connectivity index (χ4n) is 2.71. The normalized spacial score (nSPS) is 13.1. The van der Waals surface area contributed by atoms with Gasteiger partial charge in [0.05, 0.1) is 12.2 Å². The van der Waals surface area contributed by atoms with Crippen LogP contribution in [0.25, 0.3) is 0 Å². The van der Waals surface area contributed by atoms with Gasteiger partial charge in [-0.1, -0.05) is 5.16 Å². The topological polar surface area (TPSA) is 107 Å². The van der Waals surface area contributed by atoms with Gasteiger partial charge in [0.15, 0.2) is 11.6 Å². The van der Waals surface area contributed by atoms with E-state index in [9.17, 15) is 0 Å². The first-order chi connectivity index (χ1) is 12.3. The van der Waals surface area contributed by atoms with Gasteiger partial charge in [-0.15, -0.1) is 24.8 Å². The third kappa shape index (κ3) is 6.54. The second kappa shape index (κ2) is 12.0. The Balaban J connectivity index is 0.00000182. The molecule has 152 valence electrons. The molecule has 0 aliphatic carbocycles. The van der Waals surface area contributed by atoms with E-state index in [1.165, 1.54) is 0 Å². The van der Waals surface area contributed by atoms with Crippen molar-refractivity contribution >= 4 is 30.6 Å². The summed E-state index contributed by atoms with van der Waals surface area (Å²) in [4.78, 5) is 13.6. The summed E-state index contributed by atoms with van der Waals surface area (Å²) in [7, 11) is 1.60. The zero-order chi connectivity index (χ0) is 17.5. The first-order valence-corrected chi connectivity index (χ1v) is 8.51. The Morgan fingerprint density at radius 1 is 1.07 bits per heavy atom. The second-order valence-corrected chi connectivity index (χ2v) is 5.69. The van der Waals surface area contributed by atoms with E-state index in [1.807, 2.05) is 6.92 Å². The van der Waals surface area contributed by atoms with E-state index >= 15 is 0 Å². The highest BCUT2D eigenvalue weighted by Crippen LogP contribution is 2.20. The molecule has 2 aromatic heterocycles. The van der Waals surface area contributed by atoms with Gasteiger partial charge in [0.1, 0.15) is 19.0 Å². The predicted octanol–water partition coefficient (Wildman–Crippen LogP) is 1.69. The zero-order valence-electron chi connectivity index (χ0n) is 15.5. The summed E-state index contributed by atoms with van der Waals surface area (Å²) in [5.74, 6) is 2.53. The van der Waals surface area contributed by atoms with Gasteiger partial charge in [-0.2, -0.15) is 4.98 Å². The van der Waals surface area contributed by atoms with Crippen molar-refractivity contribution in [3.63, 3.8) is 0 Å². The van der Waals surface area contributed by atoms with Crippen molar-refractivity contribution in [2.75, 3.05) is 32.1 Å². The number of rotatable bonds is 8. The lowest BCUT2D eigenvalue weighted by Crippen LogP contribution is -2.16. The minimum Gasteiger partial charge on any atom is -0.377 e. The van der Waals surface area contributed by atoms with Crippen LogP contribution in [0.1, 0.15) is 35.7 Å². The molecule has 0 fully saturated rings. The molecular weight excluding hydrogens is 395 g/mol. The number of halogens is 2. The number of aromatic nitrogens is 4. The Morgan fingerprint density at radius 3 is 2.67 bits per heavy atom. The number of ether oxygens (including phenoxy) is 2. The van der Waals surface area contributed by atoms with Gasteiger partial charge in [0.2, 0.25) is 5.89 Å². The highest BCUT2D eigenvalue weighted by atomic mass is 35.5. The highest BCUT2D eigenvalue weighted by molar-refractivity contribution is 5.85. The quantitative estimate of drug-likeness (QED) is 0.658. The van der Waals surface area contributed by atoms with Crippen LogP contribution in [-0.4, -0.2) is 46.9 Å². The van der Waals surface area contributed by atoms with Crippen LogP contribution < -0.4 is 10.6 Å². The number of nitrogens with zero attached hydrogens (tertiary/aromatic N) is 4. The Kier molecular flexibility index (Phi) is 10.5. The minimum atomic E-state index is 0. The molecule has 11 heteroatoms. The predicted molar refractivity (Wildman–Crippen MR) is 104 cm³/mol. The summed E-state index contributed by atoms with van der Waals surface area (Å²) in [6.07, 6.45) is 1.76. The molecule has 3 heterocycles. The number of fused-ring (bicyclic) bond motifs is 1. The lowest BCUT2D eigenvalue weighted by atomic mass is 10.1. The molecule has 0 spiro atoms. The van der Waals surface area contributed by atoms with E-state index in [0.717, 1.165) is 43.0 Å². The fraction of sp³-hybridized carbons (Fsp3) is 0.625. The van der Waals surface area contributed by atoms with Gasteiger partial charge in [-0.25, -0.2) is 9.97 Å². The van der Waals surface area contributed by atoms with Crippen molar-refractivity contribution in [1.29, 1.82) is 0 Å². The molecule has 0 amide bonds. The third-order valence-electron chi connectivity index (χ3n) is 3.86. The Morgan fingerprint density at radius 2 is 1.89 bits per heavy atom. The maximum atomic E-state index is 5.47. The molecule has 0 atom stereocenters. The van der Waals surface area contributed by atoms with Gasteiger partial charge in [-0.3, -0.25) is 0 Å². The molecule has 3 rings (SSSR count). The van der Waals surface area contributed by atoms with Crippen LogP contribution >= 0.6 is 24.8 Å². The molecule has 0 bridgehead atoms. The van der Waals surface area contributed by atoms with E-state index < -0.39 is 0 Å². The van der Waals surface area contributed by atoms with Gasteiger partial charge < -0.3 is 24.6 Å². The standard InChI is InChI=1S/C16H24N6O3.2ClH/c1-3-24-10-13-19-12-5-7-17-6-4-11(12)16(21-13)18-8-15-20-14(9-23-2)22-25-15;;/h17H,3-10H2,1-2H3,(H,18,19,21);2*1H. The molecule has 0 saturated carbocycles. The van der Waals surface area contributed by atoms with E-state index in [-0.39, 0.29) is 24.8 Å². The van der Waals surface area contributed by atoms with Crippen LogP contribution in [0.2, 0.25) is 0 Å². The van der Waals surface area contributed by atoms with Crippen molar-refractivity contribution in [3.05, 3.63) is 28.8 Å². The molecule has 27 heavy (non-hydrogen) atoms. The Labute approximate surface area is 170 Å². The van der Waals surface area contributed by atoms with E-state index in [2.05, 4.69) is 30.7 Å². The van der Waals surface area contributed by atoms with Crippen molar-refractivity contribution in [2.24, 2.45) is 0 Å². The Bertz CT molecular complexity index is 701. The molecule has 1 aliphatic heterocycles. The SMILES string of the molecule is CCOCc1nc2c(c(NCc3nc(COC)no3)n1)CCNCC2.Cl.Cl. The summed E-state index contributed by atoms with van der Waals surface area (Å²) in [5.41, 5.74) is 2.21. The van der Waals surface area contributed by atoms with Crippen molar-refractivity contribution < 1.29 is 14.0 Å². The Hall–Kier alpha value is -1.52. The first kappa shape index (κ1) is 23.5. The van der Waals surface area contributed by atoms with E-state index in [4.69, 9.17) is 14.0 Å². The monoisotopic (exact) mass is 420 g/mol. The van der Waals surface area contributed by atoms with Crippen molar-refractivity contribution in [1.82, 2.24) is 25.4 Å². The molecule has 0 saturated heterocycles. The van der Waals surface area contributed by atoms with Crippen LogP contribution in [0.15, 0.2) is 4.52 Å². The van der Waals surface area contributed by atoms with Gasteiger partial charge >= 0.3 is 0 Å². The summed E-state index contributed by atoms with van der Waals surface area (Å²) in [6, 6.07) is 0. The van der Waals surface area contributed by atoms with Gasteiger partial charge in [-0.05, 0) is 19.9 Å². The molecule has 0 unspecified atom stereocenters. The lowest BCUT2D eigenvalue weighted by Gasteiger charge is -2.14. The lowest BCUT2D eigenvalue weighted by molar-refractivity contribution is 0.128. The fourth-order valence-corrected chi connectivity index (χ4v) is 2.71. The van der Waals surface area contributed by atoms with Crippen LogP contribution in [0.3, 0.4) is 0 Å². The van der Waals surface area contributed by atoms with E-state index in [0.29, 0.717) is 43.9 Å². The van der Waals surface area contributed by atoms with Crippen LogP contribution in [0.5, 0.6) is 0 Å². The summed E-state index contributed by atoms with van der Waals surface area (Å²) >= 11 is 0. The molecular formula is C16H26Cl2N6O3.